The molecule has 0 heterocycles. The second-order valence-corrected chi connectivity index (χ2v) is 5.25. The van der Waals surface area contributed by atoms with E-state index in [-0.39, 0.29) is 5.78 Å². The SMILES string of the molecule is O=CC1(c2cccc3ccccc23)CCCCC1=O. The zero-order valence-electron chi connectivity index (χ0n) is 10.8. The van der Waals surface area contributed by atoms with Crippen LogP contribution in [0.3, 0.4) is 0 Å². The highest BCUT2D eigenvalue weighted by Gasteiger charge is 2.42. The van der Waals surface area contributed by atoms with Crippen LogP contribution in [0.15, 0.2) is 42.5 Å². The minimum absolute atomic E-state index is 0.0742. The number of carbonyl (C=O) groups excluding carboxylic acids is 2. The molecule has 1 aliphatic rings. The fraction of sp³-hybridized carbons (Fsp3) is 0.294. The maximum absolute atomic E-state index is 12.4. The summed E-state index contributed by atoms with van der Waals surface area (Å²) < 4.78 is 0. The van der Waals surface area contributed by atoms with Crippen LogP contribution in [0.2, 0.25) is 0 Å². The van der Waals surface area contributed by atoms with Gasteiger partial charge in [-0.3, -0.25) is 4.79 Å². The normalized spacial score (nSPS) is 23.5. The van der Waals surface area contributed by atoms with Gasteiger partial charge in [0.15, 0.2) is 5.78 Å². The van der Waals surface area contributed by atoms with Gasteiger partial charge in [0.2, 0.25) is 0 Å². The van der Waals surface area contributed by atoms with Gasteiger partial charge >= 0.3 is 0 Å². The topological polar surface area (TPSA) is 34.1 Å². The van der Waals surface area contributed by atoms with Crippen LogP contribution in [-0.4, -0.2) is 12.1 Å². The van der Waals surface area contributed by atoms with Gasteiger partial charge in [-0.05, 0) is 29.2 Å². The predicted octanol–water partition coefficient (Wildman–Crippen LogP) is 3.42. The van der Waals surface area contributed by atoms with Crippen molar-refractivity contribution < 1.29 is 9.59 Å². The van der Waals surface area contributed by atoms with Gasteiger partial charge in [-0.2, -0.15) is 0 Å². The summed E-state index contributed by atoms with van der Waals surface area (Å²) in [6, 6.07) is 13.8. The van der Waals surface area contributed by atoms with Crippen molar-refractivity contribution in [3.63, 3.8) is 0 Å². The number of hydrogen-bond donors (Lipinski definition) is 0. The van der Waals surface area contributed by atoms with Crippen LogP contribution in [0, 0.1) is 0 Å². The summed E-state index contributed by atoms with van der Waals surface area (Å²) in [4.78, 5) is 24.1. The number of benzene rings is 2. The van der Waals surface area contributed by atoms with Gasteiger partial charge in [0.1, 0.15) is 11.7 Å². The van der Waals surface area contributed by atoms with Gasteiger partial charge in [0, 0.05) is 6.42 Å². The molecule has 0 saturated heterocycles. The summed E-state index contributed by atoms with van der Waals surface area (Å²) in [7, 11) is 0. The molecule has 2 nitrogen and oxygen atoms in total. The first kappa shape index (κ1) is 12.1. The van der Waals surface area contributed by atoms with E-state index in [2.05, 4.69) is 0 Å². The van der Waals surface area contributed by atoms with Crippen LogP contribution in [0.25, 0.3) is 10.8 Å². The molecule has 1 aliphatic carbocycles. The van der Waals surface area contributed by atoms with Gasteiger partial charge in [-0.1, -0.05) is 48.9 Å². The second kappa shape index (κ2) is 4.61. The van der Waals surface area contributed by atoms with Crippen molar-refractivity contribution in [2.24, 2.45) is 0 Å². The molecule has 1 atom stereocenters. The number of ketones is 1. The first-order valence-corrected chi connectivity index (χ1v) is 6.76. The highest BCUT2D eigenvalue weighted by molar-refractivity contribution is 6.08. The van der Waals surface area contributed by atoms with Crippen molar-refractivity contribution in [3.05, 3.63) is 48.0 Å². The summed E-state index contributed by atoms with van der Waals surface area (Å²) in [5.41, 5.74) is -0.0376. The smallest absolute Gasteiger partial charge is 0.150 e. The van der Waals surface area contributed by atoms with Crippen molar-refractivity contribution >= 4 is 22.8 Å². The fourth-order valence-electron chi connectivity index (χ4n) is 3.14. The van der Waals surface area contributed by atoms with Crippen LogP contribution in [-0.2, 0) is 15.0 Å². The largest absolute Gasteiger partial charge is 0.302 e. The third-order valence-electron chi connectivity index (χ3n) is 4.19. The lowest BCUT2D eigenvalue weighted by Crippen LogP contribution is -2.40. The number of fused-ring (bicyclic) bond motifs is 1. The maximum atomic E-state index is 12.4. The van der Waals surface area contributed by atoms with Crippen LogP contribution >= 0.6 is 0 Å². The lowest BCUT2D eigenvalue weighted by molar-refractivity contribution is -0.131. The molecular weight excluding hydrogens is 236 g/mol. The minimum Gasteiger partial charge on any atom is -0.302 e. The summed E-state index contributed by atoms with van der Waals surface area (Å²) in [6.45, 7) is 0. The van der Waals surface area contributed by atoms with Gasteiger partial charge < -0.3 is 4.79 Å². The van der Waals surface area contributed by atoms with E-state index >= 15 is 0 Å². The lowest BCUT2D eigenvalue weighted by Gasteiger charge is -2.31. The fourth-order valence-corrected chi connectivity index (χ4v) is 3.14. The number of Topliss-reactive ketones (excluding diaryl/α,β-unsaturated/α-hetero) is 1. The second-order valence-electron chi connectivity index (χ2n) is 5.25. The molecule has 19 heavy (non-hydrogen) atoms. The molecule has 96 valence electrons. The van der Waals surface area contributed by atoms with E-state index in [1.165, 1.54) is 0 Å². The minimum atomic E-state index is -0.918. The molecule has 0 N–H and O–H groups in total. The molecule has 0 spiro atoms. The number of carbonyl (C=O) groups is 2. The van der Waals surface area contributed by atoms with Crippen molar-refractivity contribution in [2.45, 2.75) is 31.1 Å². The molecule has 0 aliphatic heterocycles. The number of aldehydes is 1. The molecule has 1 unspecified atom stereocenters. The number of hydrogen-bond acceptors (Lipinski definition) is 2. The van der Waals surface area contributed by atoms with Crippen molar-refractivity contribution in [2.75, 3.05) is 0 Å². The number of rotatable bonds is 2. The first-order chi connectivity index (χ1) is 9.28. The molecule has 1 saturated carbocycles. The lowest BCUT2D eigenvalue weighted by atomic mass is 9.68. The Hall–Kier alpha value is -1.96. The molecule has 0 aromatic heterocycles. The van der Waals surface area contributed by atoms with E-state index in [1.54, 1.807) is 0 Å². The highest BCUT2D eigenvalue weighted by atomic mass is 16.1. The van der Waals surface area contributed by atoms with Crippen LogP contribution in [0.4, 0.5) is 0 Å². The molecule has 2 aromatic carbocycles. The Kier molecular flexibility index (Phi) is 2.94. The maximum Gasteiger partial charge on any atom is 0.150 e. The monoisotopic (exact) mass is 252 g/mol. The van der Waals surface area contributed by atoms with Crippen molar-refractivity contribution in [1.82, 2.24) is 0 Å². The molecule has 2 heteroatoms. The standard InChI is InChI=1S/C17H16O2/c18-12-17(11-4-3-10-16(17)19)15-9-5-7-13-6-1-2-8-14(13)15/h1-2,5-9,12H,3-4,10-11H2. The van der Waals surface area contributed by atoms with Crippen LogP contribution in [0.1, 0.15) is 31.2 Å². The Morgan fingerprint density at radius 1 is 1.00 bits per heavy atom. The van der Waals surface area contributed by atoms with Gasteiger partial charge in [-0.25, -0.2) is 0 Å². The van der Waals surface area contributed by atoms with E-state index in [4.69, 9.17) is 0 Å². The van der Waals surface area contributed by atoms with E-state index in [9.17, 15) is 9.59 Å². The van der Waals surface area contributed by atoms with Crippen molar-refractivity contribution in [3.8, 4) is 0 Å². The highest BCUT2D eigenvalue weighted by Crippen LogP contribution is 2.38. The summed E-state index contributed by atoms with van der Waals surface area (Å²) in [5.74, 6) is 0.0742. The molecule has 0 radical (unpaired) electrons. The average molecular weight is 252 g/mol. The zero-order chi connectivity index (χ0) is 13.3. The summed E-state index contributed by atoms with van der Waals surface area (Å²) in [6.07, 6.45) is 3.87. The Morgan fingerprint density at radius 3 is 2.58 bits per heavy atom. The molecular formula is C17H16O2. The van der Waals surface area contributed by atoms with E-state index < -0.39 is 5.41 Å². The van der Waals surface area contributed by atoms with E-state index in [0.29, 0.717) is 12.8 Å². The van der Waals surface area contributed by atoms with Gasteiger partial charge in [0.05, 0.1) is 0 Å². The molecule has 0 amide bonds. The molecule has 0 bridgehead atoms. The van der Waals surface area contributed by atoms with Crippen molar-refractivity contribution in [1.29, 1.82) is 0 Å². The Bertz CT molecular complexity index is 639. The Balaban J connectivity index is 2.27. The van der Waals surface area contributed by atoms with Gasteiger partial charge in [-0.15, -0.1) is 0 Å². The van der Waals surface area contributed by atoms with E-state index in [0.717, 1.165) is 35.5 Å². The Morgan fingerprint density at radius 2 is 1.79 bits per heavy atom. The third-order valence-corrected chi connectivity index (χ3v) is 4.19. The zero-order valence-corrected chi connectivity index (χ0v) is 10.8. The molecule has 1 fully saturated rings. The van der Waals surface area contributed by atoms with Crippen LogP contribution < -0.4 is 0 Å². The molecule has 3 rings (SSSR count). The summed E-state index contributed by atoms with van der Waals surface area (Å²) >= 11 is 0. The average Bonchev–Trinajstić information content (AvgIpc) is 2.48. The third kappa shape index (κ3) is 1.79. The Labute approximate surface area is 112 Å². The first-order valence-electron chi connectivity index (χ1n) is 6.76. The summed E-state index contributed by atoms with van der Waals surface area (Å²) in [5, 5.41) is 2.10. The predicted molar refractivity (Wildman–Crippen MR) is 75.2 cm³/mol. The van der Waals surface area contributed by atoms with Gasteiger partial charge in [0.25, 0.3) is 0 Å². The van der Waals surface area contributed by atoms with E-state index in [1.807, 2.05) is 42.5 Å². The molecule has 2 aromatic rings. The quantitative estimate of drug-likeness (QED) is 0.606. The van der Waals surface area contributed by atoms with Crippen LogP contribution in [0.5, 0.6) is 0 Å².